The number of halogens is 6. The lowest BCUT2D eigenvalue weighted by Crippen LogP contribution is -2.36. The summed E-state index contributed by atoms with van der Waals surface area (Å²) in [7, 11) is 0.966. The second kappa shape index (κ2) is 3.91. The molecule has 0 aromatic heterocycles. The van der Waals surface area contributed by atoms with Gasteiger partial charge < -0.3 is 17.7 Å². The molecule has 0 fully saturated rings. The van der Waals surface area contributed by atoms with E-state index in [-0.39, 0.29) is 6.07 Å². The molecule has 0 N–H and O–H groups in total. The summed E-state index contributed by atoms with van der Waals surface area (Å²) in [4.78, 5) is 0. The molecule has 0 saturated heterocycles. The number of hydrogen-bond donors (Lipinski definition) is 0. The Kier molecular flexibility index (Phi) is 3.11. The highest BCUT2D eigenvalue weighted by molar-refractivity contribution is 6.74. The third-order valence-electron chi connectivity index (χ3n) is 1.91. The monoisotopic (exact) mass is 243 g/mol. The molecule has 1 rings (SSSR count). The molecule has 0 bridgehead atoms. The van der Waals surface area contributed by atoms with Gasteiger partial charge in [0, 0.05) is 0 Å². The van der Waals surface area contributed by atoms with Gasteiger partial charge in [0.1, 0.15) is 0 Å². The van der Waals surface area contributed by atoms with Gasteiger partial charge in [-0.3, -0.25) is 0 Å². The number of methoxy groups -OCH3 is 1. The third kappa shape index (κ3) is 2.62. The van der Waals surface area contributed by atoms with E-state index in [1.54, 1.807) is 0 Å². The minimum Gasteiger partial charge on any atom is -0.500 e. The first-order valence-electron chi connectivity index (χ1n) is 4.11. The Morgan fingerprint density at radius 1 is 1.12 bits per heavy atom. The maximum absolute atomic E-state index is 12.4. The van der Waals surface area contributed by atoms with Crippen molar-refractivity contribution in [2.75, 3.05) is 7.11 Å². The minimum absolute atomic E-state index is 0.0544. The summed E-state index contributed by atoms with van der Waals surface area (Å²) >= 11 is 0. The van der Waals surface area contributed by atoms with E-state index in [0.717, 1.165) is 7.11 Å². The summed E-state index contributed by atoms with van der Waals surface area (Å²) in [6.07, 6.45) is -4.80. The fourth-order valence-corrected chi connectivity index (χ4v) is 1.17. The lowest BCUT2D eigenvalue weighted by Gasteiger charge is -2.20. The van der Waals surface area contributed by atoms with Crippen molar-refractivity contribution in [2.24, 2.45) is 0 Å². The molecule has 0 aliphatic rings. The van der Waals surface area contributed by atoms with Gasteiger partial charge in [-0.15, -0.1) is 0 Å². The van der Waals surface area contributed by atoms with Crippen LogP contribution in [0.4, 0.5) is 26.1 Å². The van der Waals surface area contributed by atoms with E-state index < -0.39 is 29.9 Å². The summed E-state index contributed by atoms with van der Waals surface area (Å²) < 4.78 is 78.2. The minimum atomic E-state index is -5.54. The van der Waals surface area contributed by atoms with E-state index in [0.29, 0.717) is 12.1 Å². The summed E-state index contributed by atoms with van der Waals surface area (Å²) in [5.41, 5.74) is -2.72. The van der Waals surface area contributed by atoms with Crippen LogP contribution in [0, 0.1) is 0 Å². The summed E-state index contributed by atoms with van der Waals surface area (Å²) in [5, 5.41) is 0. The topological polar surface area (TPSA) is 9.23 Å². The van der Waals surface area contributed by atoms with Gasteiger partial charge in [-0.25, -0.2) is 0 Å². The fourth-order valence-electron chi connectivity index (χ4n) is 1.17. The largest absolute Gasteiger partial charge is 0.513 e. The number of alkyl halides is 3. The third-order valence-corrected chi connectivity index (χ3v) is 1.91. The van der Waals surface area contributed by atoms with Gasteiger partial charge in [0.05, 0.1) is 18.4 Å². The molecule has 0 aliphatic carbocycles. The molecule has 0 atom stereocenters. The second-order valence-electron chi connectivity index (χ2n) is 3.03. The maximum atomic E-state index is 12.4. The molecule has 1 aromatic rings. The van der Waals surface area contributed by atoms with Crippen molar-refractivity contribution in [3.63, 3.8) is 0 Å². The highest BCUT2D eigenvalue weighted by Crippen LogP contribution is 2.31. The lowest BCUT2D eigenvalue weighted by atomic mass is 9.78. The van der Waals surface area contributed by atoms with Crippen LogP contribution in [0.5, 0.6) is 5.75 Å². The SMILES string of the molecule is COc1ccc(C(F)(F)F)cc1[B-](F)(F)F. The standard InChI is InChI=1S/C8H6BF6O/c1-16-7-3-2-5(8(10,11)12)4-6(7)9(13,14)15/h2-4H,1H3/q-1. The van der Waals surface area contributed by atoms with Gasteiger partial charge in [0.25, 0.3) is 0 Å². The van der Waals surface area contributed by atoms with Crippen molar-refractivity contribution in [1.82, 2.24) is 0 Å². The van der Waals surface area contributed by atoms with E-state index in [9.17, 15) is 26.1 Å². The summed E-state index contributed by atoms with van der Waals surface area (Å²) in [6, 6.07) is 1.26. The van der Waals surface area contributed by atoms with Gasteiger partial charge in [0.15, 0.2) is 0 Å². The normalized spacial score (nSPS) is 12.7. The van der Waals surface area contributed by atoms with Crippen LogP contribution in [0.15, 0.2) is 18.2 Å². The van der Waals surface area contributed by atoms with Crippen LogP contribution in [0.3, 0.4) is 0 Å². The Bertz CT molecular complexity index is 383. The van der Waals surface area contributed by atoms with Crippen molar-refractivity contribution < 1.29 is 30.9 Å². The fraction of sp³-hybridized carbons (Fsp3) is 0.250. The zero-order valence-corrected chi connectivity index (χ0v) is 7.99. The molecule has 0 aliphatic heterocycles. The zero-order valence-electron chi connectivity index (χ0n) is 7.99. The van der Waals surface area contributed by atoms with E-state index in [2.05, 4.69) is 4.74 Å². The second-order valence-corrected chi connectivity index (χ2v) is 3.03. The quantitative estimate of drug-likeness (QED) is 0.573. The Hall–Kier alpha value is -1.34. The van der Waals surface area contributed by atoms with Crippen LogP contribution >= 0.6 is 0 Å². The molecule has 8 heteroatoms. The van der Waals surface area contributed by atoms with Gasteiger partial charge in [-0.2, -0.15) is 13.2 Å². The van der Waals surface area contributed by atoms with Crippen molar-refractivity contribution in [2.45, 2.75) is 6.18 Å². The zero-order chi connectivity index (χ0) is 12.6. The van der Waals surface area contributed by atoms with Gasteiger partial charge in [-0.05, 0) is 12.1 Å². The highest BCUT2D eigenvalue weighted by atomic mass is 19.4. The van der Waals surface area contributed by atoms with Crippen LogP contribution in [-0.4, -0.2) is 14.1 Å². The predicted octanol–water partition coefficient (Wildman–Crippen LogP) is 2.77. The number of benzene rings is 1. The van der Waals surface area contributed by atoms with Crippen LogP contribution in [0.2, 0.25) is 0 Å². The molecule has 90 valence electrons. The Balaban J connectivity index is 3.34. The summed E-state index contributed by atoms with van der Waals surface area (Å²) in [5.74, 6) is -0.611. The molecule has 1 nitrogen and oxygen atoms in total. The summed E-state index contributed by atoms with van der Waals surface area (Å²) in [6.45, 7) is -5.54. The van der Waals surface area contributed by atoms with E-state index in [1.807, 2.05) is 0 Å². The molecule has 16 heavy (non-hydrogen) atoms. The first kappa shape index (κ1) is 12.7. The smallest absolute Gasteiger partial charge is 0.500 e. The van der Waals surface area contributed by atoms with Crippen LogP contribution < -0.4 is 10.2 Å². The van der Waals surface area contributed by atoms with Crippen molar-refractivity contribution >= 4 is 12.4 Å². The number of hydrogen-bond acceptors (Lipinski definition) is 1. The van der Waals surface area contributed by atoms with Crippen LogP contribution in [-0.2, 0) is 6.18 Å². The van der Waals surface area contributed by atoms with Crippen molar-refractivity contribution in [1.29, 1.82) is 0 Å². The average Bonchev–Trinajstić information content (AvgIpc) is 2.14. The molecule has 0 unspecified atom stereocenters. The predicted molar refractivity (Wildman–Crippen MR) is 46.7 cm³/mol. The molecule has 0 radical (unpaired) electrons. The highest BCUT2D eigenvalue weighted by Gasteiger charge is 2.35. The van der Waals surface area contributed by atoms with E-state index in [4.69, 9.17) is 0 Å². The number of ether oxygens (including phenoxy) is 1. The van der Waals surface area contributed by atoms with Gasteiger partial charge >= 0.3 is 13.2 Å². The van der Waals surface area contributed by atoms with Crippen LogP contribution in [0.1, 0.15) is 5.56 Å². The first-order valence-corrected chi connectivity index (χ1v) is 4.11. The molecular formula is C8H6BF6O-. The van der Waals surface area contributed by atoms with Crippen molar-refractivity contribution in [3.8, 4) is 5.75 Å². The molecule has 0 amide bonds. The van der Waals surface area contributed by atoms with Crippen molar-refractivity contribution in [3.05, 3.63) is 23.8 Å². The van der Waals surface area contributed by atoms with Crippen LogP contribution in [0.25, 0.3) is 0 Å². The maximum Gasteiger partial charge on any atom is 0.513 e. The Morgan fingerprint density at radius 2 is 1.69 bits per heavy atom. The van der Waals surface area contributed by atoms with Gasteiger partial charge in [0.2, 0.25) is 0 Å². The molecule has 0 saturated carbocycles. The first-order chi connectivity index (χ1) is 7.16. The molecule has 1 aromatic carbocycles. The molecule has 0 heterocycles. The number of rotatable bonds is 2. The Labute approximate surface area is 87.1 Å². The van der Waals surface area contributed by atoms with E-state index in [1.165, 1.54) is 0 Å². The lowest BCUT2D eigenvalue weighted by molar-refractivity contribution is -0.137. The Morgan fingerprint density at radius 3 is 2.06 bits per heavy atom. The van der Waals surface area contributed by atoms with Gasteiger partial charge in [-0.1, -0.05) is 11.5 Å². The van der Waals surface area contributed by atoms with E-state index >= 15 is 0 Å². The molecule has 0 spiro atoms. The molecular weight excluding hydrogens is 237 g/mol. The average molecular weight is 243 g/mol.